The third-order valence-electron chi connectivity index (χ3n) is 1.75. The molecule has 0 aliphatic heterocycles. The lowest BCUT2D eigenvalue weighted by Crippen LogP contribution is -2.25. The van der Waals surface area contributed by atoms with Crippen molar-refractivity contribution >= 4 is 22.8 Å². The molecule has 4 heteroatoms. The smallest absolute Gasteiger partial charge is 0.316 e. The van der Waals surface area contributed by atoms with E-state index in [-0.39, 0.29) is 16.8 Å². The molecule has 0 fully saturated rings. The Morgan fingerprint density at radius 2 is 1.76 bits per heavy atom. The summed E-state index contributed by atoms with van der Waals surface area (Å²) in [5.41, 5.74) is 0.0917. The third-order valence-corrected chi connectivity index (χ3v) is 2.63. The van der Waals surface area contributed by atoms with Gasteiger partial charge in [0.2, 0.25) is 5.12 Å². The number of esters is 1. The highest BCUT2D eigenvalue weighted by Gasteiger charge is 2.17. The van der Waals surface area contributed by atoms with Crippen molar-refractivity contribution in [1.82, 2.24) is 0 Å². The molecule has 0 radical (unpaired) electrons. The lowest BCUT2D eigenvalue weighted by Gasteiger charge is -2.19. The average molecular weight is 252 g/mol. The quantitative estimate of drug-likeness (QED) is 0.776. The molecule has 0 saturated carbocycles. The first-order chi connectivity index (χ1) is 7.88. The van der Waals surface area contributed by atoms with Gasteiger partial charge in [-0.3, -0.25) is 9.59 Å². The Morgan fingerprint density at radius 1 is 1.18 bits per heavy atom. The van der Waals surface area contributed by atoms with Gasteiger partial charge in [0.25, 0.3) is 0 Å². The summed E-state index contributed by atoms with van der Waals surface area (Å²) in [4.78, 5) is 23.1. The number of carbonyl (C=O) groups excluding carboxylic acids is 2. The zero-order chi connectivity index (χ0) is 12.9. The Balaban J connectivity index is 2.42. The van der Waals surface area contributed by atoms with Crippen molar-refractivity contribution in [2.75, 3.05) is 5.75 Å². The van der Waals surface area contributed by atoms with Gasteiger partial charge in [-0.05, 0) is 20.8 Å². The summed E-state index contributed by atoms with van der Waals surface area (Å²) in [6, 6.07) is 8.88. The predicted molar refractivity (Wildman–Crippen MR) is 69.1 cm³/mol. The lowest BCUT2D eigenvalue weighted by molar-refractivity contribution is -0.151. The summed E-state index contributed by atoms with van der Waals surface area (Å²) in [7, 11) is 0. The second-order valence-corrected chi connectivity index (χ2v) is 5.48. The van der Waals surface area contributed by atoms with Gasteiger partial charge in [0.15, 0.2) is 0 Å². The molecule has 1 aromatic rings. The molecule has 92 valence electrons. The number of hydrogen-bond acceptors (Lipinski definition) is 4. The van der Waals surface area contributed by atoms with E-state index >= 15 is 0 Å². The summed E-state index contributed by atoms with van der Waals surface area (Å²) < 4.78 is 5.11. The largest absolute Gasteiger partial charge is 0.459 e. The van der Waals surface area contributed by atoms with Crippen molar-refractivity contribution < 1.29 is 14.3 Å². The highest BCUT2D eigenvalue weighted by molar-refractivity contribution is 8.14. The number of thioether (sulfide) groups is 1. The molecule has 0 saturated heterocycles. The number of hydrogen-bond donors (Lipinski definition) is 0. The van der Waals surface area contributed by atoms with Gasteiger partial charge in [-0.2, -0.15) is 0 Å². The van der Waals surface area contributed by atoms with Crippen LogP contribution in [0.4, 0.5) is 0 Å². The zero-order valence-electron chi connectivity index (χ0n) is 10.2. The molecule has 0 aliphatic carbocycles. The summed E-state index contributed by atoms with van der Waals surface area (Å²) in [5.74, 6) is -0.322. The fourth-order valence-corrected chi connectivity index (χ4v) is 1.76. The van der Waals surface area contributed by atoms with Crippen molar-refractivity contribution in [3.05, 3.63) is 35.9 Å². The van der Waals surface area contributed by atoms with Gasteiger partial charge in [0.1, 0.15) is 5.60 Å². The van der Waals surface area contributed by atoms with E-state index in [1.807, 2.05) is 6.07 Å². The van der Waals surface area contributed by atoms with Gasteiger partial charge < -0.3 is 4.74 Å². The molecule has 0 aromatic heterocycles. The van der Waals surface area contributed by atoms with Crippen LogP contribution in [-0.2, 0) is 9.53 Å². The van der Waals surface area contributed by atoms with Gasteiger partial charge >= 0.3 is 5.97 Å². The Bertz CT molecular complexity index is 393. The van der Waals surface area contributed by atoms with Crippen molar-refractivity contribution in [1.29, 1.82) is 0 Å². The molecule has 0 unspecified atom stereocenters. The summed E-state index contributed by atoms with van der Waals surface area (Å²) in [6.07, 6.45) is 0. The predicted octanol–water partition coefficient (Wildman–Crippen LogP) is 2.90. The molecule has 0 bridgehead atoms. The Morgan fingerprint density at radius 3 is 2.29 bits per heavy atom. The molecule has 0 aliphatic rings. The van der Waals surface area contributed by atoms with Gasteiger partial charge in [-0.1, -0.05) is 42.1 Å². The molecule has 0 N–H and O–H groups in total. The second kappa shape index (κ2) is 5.87. The molecule has 0 atom stereocenters. The Hall–Kier alpha value is -1.29. The summed E-state index contributed by atoms with van der Waals surface area (Å²) in [6.45, 7) is 5.40. The molecule has 3 nitrogen and oxygen atoms in total. The van der Waals surface area contributed by atoms with Crippen LogP contribution in [0.15, 0.2) is 30.3 Å². The van der Waals surface area contributed by atoms with Crippen molar-refractivity contribution in [3.8, 4) is 0 Å². The fraction of sp³-hybridized carbons (Fsp3) is 0.385. The van der Waals surface area contributed by atoms with Crippen LogP contribution in [0, 0.1) is 0 Å². The maximum atomic E-state index is 11.7. The van der Waals surface area contributed by atoms with Crippen molar-refractivity contribution in [2.45, 2.75) is 26.4 Å². The monoisotopic (exact) mass is 252 g/mol. The van der Waals surface area contributed by atoms with Crippen molar-refractivity contribution in [3.63, 3.8) is 0 Å². The van der Waals surface area contributed by atoms with Crippen LogP contribution in [0.3, 0.4) is 0 Å². The summed E-state index contributed by atoms with van der Waals surface area (Å²) >= 11 is 0.965. The normalized spacial score (nSPS) is 11.0. The van der Waals surface area contributed by atoms with Gasteiger partial charge in [-0.15, -0.1) is 0 Å². The first-order valence-electron chi connectivity index (χ1n) is 5.32. The van der Waals surface area contributed by atoms with Crippen LogP contribution < -0.4 is 0 Å². The van der Waals surface area contributed by atoms with Crippen LogP contribution in [0.1, 0.15) is 31.1 Å². The maximum absolute atomic E-state index is 11.7. The number of rotatable bonds is 3. The number of ether oxygens (including phenoxy) is 1. The minimum absolute atomic E-state index is 0.0466. The van der Waals surface area contributed by atoms with Crippen LogP contribution >= 0.6 is 11.8 Å². The highest BCUT2D eigenvalue weighted by atomic mass is 32.2. The summed E-state index contributed by atoms with van der Waals surface area (Å²) in [5, 5.41) is -0.114. The van der Waals surface area contributed by atoms with Gasteiger partial charge in [0.05, 0.1) is 5.75 Å². The van der Waals surface area contributed by atoms with Crippen LogP contribution in [0.2, 0.25) is 0 Å². The molecule has 1 rings (SSSR count). The topological polar surface area (TPSA) is 43.4 Å². The van der Waals surface area contributed by atoms with Crippen LogP contribution in [0.25, 0.3) is 0 Å². The van der Waals surface area contributed by atoms with Crippen LogP contribution in [-0.4, -0.2) is 22.4 Å². The van der Waals surface area contributed by atoms with E-state index in [9.17, 15) is 9.59 Å². The number of benzene rings is 1. The second-order valence-electron chi connectivity index (χ2n) is 4.53. The standard InChI is InChI=1S/C13H16O3S/c1-13(2,3)16-11(14)9-17-12(15)10-7-5-4-6-8-10/h4-8H,9H2,1-3H3. The average Bonchev–Trinajstić information content (AvgIpc) is 2.25. The van der Waals surface area contributed by atoms with E-state index in [0.29, 0.717) is 5.56 Å². The molecule has 17 heavy (non-hydrogen) atoms. The van der Waals surface area contributed by atoms with E-state index in [4.69, 9.17) is 4.74 Å². The van der Waals surface area contributed by atoms with E-state index < -0.39 is 5.60 Å². The van der Waals surface area contributed by atoms with E-state index in [2.05, 4.69) is 0 Å². The fourth-order valence-electron chi connectivity index (χ4n) is 1.15. The minimum atomic E-state index is -0.507. The first kappa shape index (κ1) is 13.8. The molecule has 0 spiro atoms. The van der Waals surface area contributed by atoms with Gasteiger partial charge in [-0.25, -0.2) is 0 Å². The molecular weight excluding hydrogens is 236 g/mol. The van der Waals surface area contributed by atoms with Crippen LogP contribution in [0.5, 0.6) is 0 Å². The SMILES string of the molecule is CC(C)(C)OC(=O)CSC(=O)c1ccccc1. The molecular formula is C13H16O3S. The number of carbonyl (C=O) groups is 2. The zero-order valence-corrected chi connectivity index (χ0v) is 11.0. The Labute approximate surface area is 106 Å². The molecule has 0 heterocycles. The molecule has 0 amide bonds. The maximum Gasteiger partial charge on any atom is 0.316 e. The minimum Gasteiger partial charge on any atom is -0.459 e. The first-order valence-corrected chi connectivity index (χ1v) is 6.31. The lowest BCUT2D eigenvalue weighted by atomic mass is 10.2. The Kier molecular flexibility index (Phi) is 4.75. The highest BCUT2D eigenvalue weighted by Crippen LogP contribution is 2.14. The third kappa shape index (κ3) is 5.54. The van der Waals surface area contributed by atoms with E-state index in [1.165, 1.54) is 0 Å². The molecule has 1 aromatic carbocycles. The van der Waals surface area contributed by atoms with E-state index in [1.54, 1.807) is 45.0 Å². The van der Waals surface area contributed by atoms with E-state index in [0.717, 1.165) is 11.8 Å². The van der Waals surface area contributed by atoms with Gasteiger partial charge in [0, 0.05) is 5.56 Å². The van der Waals surface area contributed by atoms with Crippen molar-refractivity contribution in [2.24, 2.45) is 0 Å².